The van der Waals surface area contributed by atoms with Crippen LogP contribution in [0.25, 0.3) is 0 Å². The van der Waals surface area contributed by atoms with Gasteiger partial charge < -0.3 is 19.9 Å². The highest BCUT2D eigenvalue weighted by Crippen LogP contribution is 2.41. The molecule has 3 rings (SSSR count). The van der Waals surface area contributed by atoms with Crippen molar-refractivity contribution in [1.82, 2.24) is 4.90 Å². The molecule has 1 unspecified atom stereocenters. The van der Waals surface area contributed by atoms with E-state index in [-0.39, 0.29) is 12.8 Å². The summed E-state index contributed by atoms with van der Waals surface area (Å²) in [5, 5.41) is 0.580. The molecular weight excluding hydrogens is 268 g/mol. The normalized spacial score (nSPS) is 20.5. The third-order valence-corrected chi connectivity index (χ3v) is 3.82. The zero-order valence-electron chi connectivity index (χ0n) is 10.6. The monoisotopic (exact) mass is 284 g/mol. The molecule has 1 aromatic carbocycles. The van der Waals surface area contributed by atoms with Gasteiger partial charge in [-0.05, 0) is 17.7 Å². The zero-order valence-corrected chi connectivity index (χ0v) is 11.4. The lowest BCUT2D eigenvalue weighted by Gasteiger charge is -2.34. The Morgan fingerprint density at radius 2 is 2.05 bits per heavy atom. The van der Waals surface area contributed by atoms with Gasteiger partial charge in [0, 0.05) is 25.7 Å². The minimum Gasteiger partial charge on any atom is -0.454 e. The van der Waals surface area contributed by atoms with Gasteiger partial charge in [0.1, 0.15) is 0 Å². The number of ether oxygens (including phenoxy) is 3. The van der Waals surface area contributed by atoms with Crippen LogP contribution in [0, 0.1) is 0 Å². The molecule has 1 atom stereocenters. The summed E-state index contributed by atoms with van der Waals surface area (Å²) in [6.07, 6.45) is 0. The number of fused-ring (bicyclic) bond motifs is 1. The zero-order chi connectivity index (χ0) is 13.2. The number of hydrogen-bond acceptors (Lipinski definition) is 5. The Balaban J connectivity index is 1.88. The number of morpholine rings is 1. The van der Waals surface area contributed by atoms with Crippen molar-refractivity contribution >= 4 is 11.6 Å². The average Bonchev–Trinajstić information content (AvgIpc) is 2.90. The van der Waals surface area contributed by atoms with Crippen LogP contribution in [0.1, 0.15) is 11.6 Å². The maximum Gasteiger partial charge on any atom is 0.231 e. The molecule has 1 aromatic rings. The smallest absolute Gasteiger partial charge is 0.231 e. The molecule has 0 radical (unpaired) electrons. The van der Waals surface area contributed by atoms with Crippen molar-refractivity contribution in [3.8, 4) is 11.5 Å². The van der Waals surface area contributed by atoms with E-state index in [2.05, 4.69) is 4.90 Å². The minimum absolute atomic E-state index is 0.135. The number of benzene rings is 1. The molecule has 6 heteroatoms. The average molecular weight is 285 g/mol. The summed E-state index contributed by atoms with van der Waals surface area (Å²) in [6, 6.07) is 4.03. The molecule has 2 N–H and O–H groups in total. The van der Waals surface area contributed by atoms with Crippen molar-refractivity contribution in [3.63, 3.8) is 0 Å². The predicted octanol–water partition coefficient (Wildman–Crippen LogP) is 1.40. The van der Waals surface area contributed by atoms with Crippen molar-refractivity contribution in [2.75, 3.05) is 39.6 Å². The molecule has 104 valence electrons. The second-order valence-corrected chi connectivity index (χ2v) is 5.04. The van der Waals surface area contributed by atoms with E-state index in [1.165, 1.54) is 0 Å². The molecule has 1 saturated heterocycles. The molecule has 0 bridgehead atoms. The van der Waals surface area contributed by atoms with Gasteiger partial charge in [0.15, 0.2) is 11.5 Å². The molecule has 0 spiro atoms. The first-order chi connectivity index (χ1) is 9.29. The maximum atomic E-state index is 6.23. The summed E-state index contributed by atoms with van der Waals surface area (Å²) in [6.45, 7) is 4.02. The van der Waals surface area contributed by atoms with E-state index in [9.17, 15) is 0 Å². The topological polar surface area (TPSA) is 57.0 Å². The fourth-order valence-electron chi connectivity index (χ4n) is 2.56. The first kappa shape index (κ1) is 13.0. The van der Waals surface area contributed by atoms with Crippen LogP contribution < -0.4 is 15.2 Å². The highest BCUT2D eigenvalue weighted by molar-refractivity contribution is 6.32. The summed E-state index contributed by atoms with van der Waals surface area (Å²) in [5.74, 6) is 1.33. The molecule has 0 amide bonds. The van der Waals surface area contributed by atoms with Gasteiger partial charge in [-0.15, -0.1) is 0 Å². The highest BCUT2D eigenvalue weighted by atomic mass is 35.5. The lowest BCUT2D eigenvalue weighted by Crippen LogP contribution is -2.41. The fraction of sp³-hybridized carbons (Fsp3) is 0.538. The van der Waals surface area contributed by atoms with Gasteiger partial charge in [-0.3, -0.25) is 4.90 Å². The van der Waals surface area contributed by atoms with Crippen LogP contribution in [0.2, 0.25) is 5.02 Å². The SMILES string of the molecule is NCC(c1cc(Cl)c2c(c1)OCO2)N1CCOCC1. The Morgan fingerprint density at radius 3 is 2.79 bits per heavy atom. The van der Waals surface area contributed by atoms with Crippen LogP contribution in [-0.4, -0.2) is 44.5 Å². The van der Waals surface area contributed by atoms with E-state index in [1.807, 2.05) is 12.1 Å². The van der Waals surface area contributed by atoms with Gasteiger partial charge in [0.2, 0.25) is 6.79 Å². The molecule has 2 aliphatic heterocycles. The third kappa shape index (κ3) is 2.51. The number of hydrogen-bond donors (Lipinski definition) is 1. The molecule has 19 heavy (non-hydrogen) atoms. The predicted molar refractivity (Wildman–Crippen MR) is 71.8 cm³/mol. The van der Waals surface area contributed by atoms with Crippen LogP contribution >= 0.6 is 11.6 Å². The molecule has 5 nitrogen and oxygen atoms in total. The van der Waals surface area contributed by atoms with E-state index in [4.69, 9.17) is 31.5 Å². The Bertz CT molecular complexity index is 463. The second kappa shape index (κ2) is 5.54. The summed E-state index contributed by atoms with van der Waals surface area (Å²) in [5.41, 5.74) is 7.00. The largest absolute Gasteiger partial charge is 0.454 e. The number of rotatable bonds is 3. The van der Waals surface area contributed by atoms with E-state index >= 15 is 0 Å². The van der Waals surface area contributed by atoms with Gasteiger partial charge >= 0.3 is 0 Å². The van der Waals surface area contributed by atoms with Gasteiger partial charge in [0.05, 0.1) is 18.2 Å². The number of nitrogens with zero attached hydrogens (tertiary/aromatic N) is 1. The second-order valence-electron chi connectivity index (χ2n) is 4.64. The fourth-order valence-corrected chi connectivity index (χ4v) is 2.84. The molecule has 0 aliphatic carbocycles. The van der Waals surface area contributed by atoms with Gasteiger partial charge in [-0.1, -0.05) is 11.6 Å². The molecule has 1 fully saturated rings. The standard InChI is InChI=1S/C13H17ClN2O3/c14-10-5-9(6-12-13(10)19-8-18-12)11(7-15)16-1-3-17-4-2-16/h5-6,11H,1-4,7-8,15H2. The molecule has 0 aromatic heterocycles. The first-order valence-corrected chi connectivity index (χ1v) is 6.78. The summed E-state index contributed by atoms with van der Waals surface area (Å²) in [7, 11) is 0. The minimum atomic E-state index is 0.135. The summed E-state index contributed by atoms with van der Waals surface area (Å²) < 4.78 is 16.1. The van der Waals surface area contributed by atoms with Crippen molar-refractivity contribution in [3.05, 3.63) is 22.7 Å². The van der Waals surface area contributed by atoms with E-state index < -0.39 is 0 Å². The van der Waals surface area contributed by atoms with Gasteiger partial charge in [0.25, 0.3) is 0 Å². The van der Waals surface area contributed by atoms with Crippen molar-refractivity contribution < 1.29 is 14.2 Å². The maximum absolute atomic E-state index is 6.23. The van der Waals surface area contributed by atoms with Crippen molar-refractivity contribution in [2.24, 2.45) is 5.73 Å². The van der Waals surface area contributed by atoms with E-state index in [1.54, 1.807) is 0 Å². The Kier molecular flexibility index (Phi) is 3.79. The van der Waals surface area contributed by atoms with Crippen molar-refractivity contribution in [2.45, 2.75) is 6.04 Å². The highest BCUT2D eigenvalue weighted by Gasteiger charge is 2.25. The number of halogens is 1. The Morgan fingerprint density at radius 1 is 1.26 bits per heavy atom. The third-order valence-electron chi connectivity index (χ3n) is 3.54. The molecule has 2 aliphatic rings. The van der Waals surface area contributed by atoms with Crippen LogP contribution in [0.15, 0.2) is 12.1 Å². The van der Waals surface area contributed by atoms with Crippen LogP contribution in [-0.2, 0) is 4.74 Å². The lowest BCUT2D eigenvalue weighted by molar-refractivity contribution is 0.0178. The van der Waals surface area contributed by atoms with Crippen LogP contribution in [0.4, 0.5) is 0 Å². The van der Waals surface area contributed by atoms with Crippen LogP contribution in [0.3, 0.4) is 0 Å². The summed E-state index contributed by atoms with van der Waals surface area (Å²) in [4.78, 5) is 2.32. The van der Waals surface area contributed by atoms with E-state index in [0.717, 1.165) is 31.9 Å². The van der Waals surface area contributed by atoms with E-state index in [0.29, 0.717) is 23.1 Å². The Labute approximate surface area is 117 Å². The number of nitrogens with two attached hydrogens (primary N) is 1. The van der Waals surface area contributed by atoms with Crippen LogP contribution in [0.5, 0.6) is 11.5 Å². The quantitative estimate of drug-likeness (QED) is 0.909. The molecular formula is C13H17ClN2O3. The lowest BCUT2D eigenvalue weighted by atomic mass is 10.0. The summed E-state index contributed by atoms with van der Waals surface area (Å²) >= 11 is 6.23. The van der Waals surface area contributed by atoms with Gasteiger partial charge in [-0.2, -0.15) is 0 Å². The molecule has 0 saturated carbocycles. The van der Waals surface area contributed by atoms with Gasteiger partial charge in [-0.25, -0.2) is 0 Å². The van der Waals surface area contributed by atoms with Crippen molar-refractivity contribution in [1.29, 1.82) is 0 Å². The first-order valence-electron chi connectivity index (χ1n) is 6.40. The molecule has 2 heterocycles. The Hall–Kier alpha value is -1.01.